The van der Waals surface area contributed by atoms with E-state index in [1.54, 1.807) is 0 Å². The van der Waals surface area contributed by atoms with E-state index in [1.807, 2.05) is 47.4 Å². The minimum atomic E-state index is -0.923. The van der Waals surface area contributed by atoms with E-state index in [1.165, 1.54) is 11.1 Å². The van der Waals surface area contributed by atoms with Crippen LogP contribution in [0.4, 0.5) is 0 Å². The number of Topliss-reactive ketones (excluding diaryl/α,β-unsaturated/α-hetero) is 1. The number of rotatable bonds is 8. The van der Waals surface area contributed by atoms with E-state index in [9.17, 15) is 14.7 Å². The van der Waals surface area contributed by atoms with E-state index in [0.717, 1.165) is 19.6 Å². The van der Waals surface area contributed by atoms with Gasteiger partial charge in [0.25, 0.3) is 0 Å². The summed E-state index contributed by atoms with van der Waals surface area (Å²) < 4.78 is 0. The quantitative estimate of drug-likeness (QED) is 0.693. The molecule has 0 bridgehead atoms. The maximum Gasteiger partial charge on any atom is 0.321 e. The van der Waals surface area contributed by atoms with Gasteiger partial charge in [-0.1, -0.05) is 68.4 Å². The van der Waals surface area contributed by atoms with Gasteiger partial charge >= 0.3 is 5.97 Å². The fourth-order valence-electron chi connectivity index (χ4n) is 3.79. The van der Waals surface area contributed by atoms with Crippen LogP contribution in [0.1, 0.15) is 47.7 Å². The second-order valence-electron chi connectivity index (χ2n) is 8.06. The Labute approximate surface area is 172 Å². The standard InChI is InChI=1S/C24H30N2O3/c1-18(2)20-8-10-21(11-9-20)23(27)16-22(24(28)29)26-14-12-25(13-15-26)17-19-6-4-3-5-7-19/h3-11,18,22H,12-17H2,1-2H3,(H,28,29)/t22-/m0/s1. The Morgan fingerprint density at radius 3 is 2.10 bits per heavy atom. The molecule has 0 unspecified atom stereocenters. The number of ketones is 1. The van der Waals surface area contributed by atoms with Gasteiger partial charge < -0.3 is 5.11 Å². The smallest absolute Gasteiger partial charge is 0.321 e. The molecule has 1 heterocycles. The lowest BCUT2D eigenvalue weighted by Crippen LogP contribution is -2.52. The first kappa shape index (κ1) is 21.2. The molecule has 0 aliphatic carbocycles. The minimum Gasteiger partial charge on any atom is -0.480 e. The number of nitrogens with zero attached hydrogens (tertiary/aromatic N) is 2. The van der Waals surface area contributed by atoms with E-state index in [0.29, 0.717) is 24.6 Å². The molecule has 1 aliphatic rings. The second kappa shape index (κ2) is 9.81. The van der Waals surface area contributed by atoms with Crippen molar-refractivity contribution in [2.24, 2.45) is 0 Å². The highest BCUT2D eigenvalue weighted by Gasteiger charge is 2.31. The molecule has 3 rings (SSSR count). The molecular weight excluding hydrogens is 364 g/mol. The highest BCUT2D eigenvalue weighted by molar-refractivity contribution is 5.98. The molecule has 2 aromatic rings. The van der Waals surface area contributed by atoms with E-state index < -0.39 is 12.0 Å². The van der Waals surface area contributed by atoms with Crippen molar-refractivity contribution in [2.45, 2.75) is 38.8 Å². The van der Waals surface area contributed by atoms with E-state index >= 15 is 0 Å². The number of piperazine rings is 1. The van der Waals surface area contributed by atoms with Gasteiger partial charge in [-0.25, -0.2) is 0 Å². The van der Waals surface area contributed by atoms with Crippen LogP contribution in [-0.2, 0) is 11.3 Å². The molecule has 1 fully saturated rings. The fourth-order valence-corrected chi connectivity index (χ4v) is 3.79. The van der Waals surface area contributed by atoms with Gasteiger partial charge in [0.05, 0.1) is 0 Å². The zero-order valence-electron chi connectivity index (χ0n) is 17.3. The van der Waals surface area contributed by atoms with Gasteiger partial charge in [0.1, 0.15) is 6.04 Å². The average Bonchev–Trinajstić information content (AvgIpc) is 2.73. The lowest BCUT2D eigenvalue weighted by molar-refractivity contribution is -0.144. The van der Waals surface area contributed by atoms with Crippen LogP contribution in [0.5, 0.6) is 0 Å². The molecule has 0 aromatic heterocycles. The molecule has 0 spiro atoms. The van der Waals surface area contributed by atoms with Gasteiger partial charge in [-0.2, -0.15) is 0 Å². The summed E-state index contributed by atoms with van der Waals surface area (Å²) in [7, 11) is 0. The number of aliphatic carboxylic acids is 1. The summed E-state index contributed by atoms with van der Waals surface area (Å²) in [6.45, 7) is 8.00. The van der Waals surface area contributed by atoms with Crippen LogP contribution in [0.3, 0.4) is 0 Å². The molecule has 1 aliphatic heterocycles. The zero-order valence-corrected chi connectivity index (χ0v) is 17.3. The highest BCUT2D eigenvalue weighted by Crippen LogP contribution is 2.18. The Hall–Kier alpha value is -2.50. The lowest BCUT2D eigenvalue weighted by Gasteiger charge is -2.37. The maximum absolute atomic E-state index is 12.7. The van der Waals surface area contributed by atoms with Gasteiger partial charge in [0.15, 0.2) is 5.78 Å². The Kier molecular flexibility index (Phi) is 7.18. The molecule has 0 amide bonds. The van der Waals surface area contributed by atoms with Crippen LogP contribution in [0.15, 0.2) is 54.6 Å². The molecule has 5 nitrogen and oxygen atoms in total. The maximum atomic E-state index is 12.7. The van der Waals surface area contributed by atoms with Crippen molar-refractivity contribution in [2.75, 3.05) is 26.2 Å². The van der Waals surface area contributed by atoms with Gasteiger partial charge in [-0.05, 0) is 17.0 Å². The van der Waals surface area contributed by atoms with E-state index in [-0.39, 0.29) is 12.2 Å². The summed E-state index contributed by atoms with van der Waals surface area (Å²) >= 11 is 0. The average molecular weight is 395 g/mol. The Bertz CT molecular complexity index is 810. The molecule has 154 valence electrons. The first-order chi connectivity index (χ1) is 13.9. The summed E-state index contributed by atoms with van der Waals surface area (Å²) in [6, 6.07) is 17.1. The molecule has 5 heteroatoms. The largest absolute Gasteiger partial charge is 0.480 e. The fraction of sp³-hybridized carbons (Fsp3) is 0.417. The van der Waals surface area contributed by atoms with Crippen LogP contribution < -0.4 is 0 Å². The number of carboxylic acid groups (broad SMARTS) is 1. The third kappa shape index (κ3) is 5.75. The summed E-state index contributed by atoms with van der Waals surface area (Å²) in [5.74, 6) is -0.633. The SMILES string of the molecule is CC(C)c1ccc(C(=O)C[C@@H](C(=O)O)N2CCN(Cc3ccccc3)CC2)cc1. The summed E-state index contributed by atoms with van der Waals surface area (Å²) in [6.07, 6.45) is 0.00897. The number of hydrogen-bond donors (Lipinski definition) is 1. The Morgan fingerprint density at radius 1 is 0.931 bits per heavy atom. The molecule has 0 radical (unpaired) electrons. The van der Waals surface area contributed by atoms with Gasteiger partial charge in [0, 0.05) is 44.7 Å². The molecule has 1 saturated heterocycles. The van der Waals surface area contributed by atoms with Crippen LogP contribution in [-0.4, -0.2) is 58.9 Å². The van der Waals surface area contributed by atoms with Gasteiger partial charge in [-0.3, -0.25) is 19.4 Å². The molecule has 2 aromatic carbocycles. The number of carboxylic acids is 1. The van der Waals surface area contributed by atoms with Crippen molar-refractivity contribution >= 4 is 11.8 Å². The van der Waals surface area contributed by atoms with Crippen molar-refractivity contribution < 1.29 is 14.7 Å². The van der Waals surface area contributed by atoms with Crippen molar-refractivity contribution in [1.29, 1.82) is 0 Å². The molecule has 0 saturated carbocycles. The van der Waals surface area contributed by atoms with Gasteiger partial charge in [0.2, 0.25) is 0 Å². The molecule has 29 heavy (non-hydrogen) atoms. The summed E-state index contributed by atoms with van der Waals surface area (Å²) in [5, 5.41) is 9.73. The van der Waals surface area contributed by atoms with Crippen LogP contribution in [0.25, 0.3) is 0 Å². The third-order valence-electron chi connectivity index (χ3n) is 5.66. The number of carbonyl (C=O) groups excluding carboxylic acids is 1. The topological polar surface area (TPSA) is 60.9 Å². The van der Waals surface area contributed by atoms with Gasteiger partial charge in [-0.15, -0.1) is 0 Å². The lowest BCUT2D eigenvalue weighted by atomic mass is 9.97. The highest BCUT2D eigenvalue weighted by atomic mass is 16.4. The molecule has 1 N–H and O–H groups in total. The first-order valence-corrected chi connectivity index (χ1v) is 10.3. The van der Waals surface area contributed by atoms with E-state index in [4.69, 9.17) is 0 Å². The Morgan fingerprint density at radius 2 is 1.55 bits per heavy atom. The van der Waals surface area contributed by atoms with Crippen molar-refractivity contribution in [3.8, 4) is 0 Å². The summed E-state index contributed by atoms with van der Waals surface area (Å²) in [4.78, 5) is 28.8. The van der Waals surface area contributed by atoms with Crippen molar-refractivity contribution in [3.05, 3.63) is 71.3 Å². The second-order valence-corrected chi connectivity index (χ2v) is 8.06. The third-order valence-corrected chi connectivity index (χ3v) is 5.66. The number of benzene rings is 2. The van der Waals surface area contributed by atoms with Crippen LogP contribution in [0, 0.1) is 0 Å². The predicted molar refractivity (Wildman–Crippen MR) is 114 cm³/mol. The zero-order chi connectivity index (χ0) is 20.8. The molecular formula is C24H30N2O3. The van der Waals surface area contributed by atoms with Crippen molar-refractivity contribution in [3.63, 3.8) is 0 Å². The normalized spacial score (nSPS) is 16.7. The van der Waals surface area contributed by atoms with Crippen LogP contribution in [0.2, 0.25) is 0 Å². The first-order valence-electron chi connectivity index (χ1n) is 10.3. The van der Waals surface area contributed by atoms with Crippen LogP contribution >= 0.6 is 0 Å². The summed E-state index contributed by atoms with van der Waals surface area (Å²) in [5.41, 5.74) is 3.02. The monoisotopic (exact) mass is 394 g/mol. The molecule has 1 atom stereocenters. The van der Waals surface area contributed by atoms with Crippen molar-refractivity contribution in [1.82, 2.24) is 9.80 Å². The number of carbonyl (C=O) groups is 2. The predicted octanol–water partition coefficient (Wildman–Crippen LogP) is 3.65. The van der Waals surface area contributed by atoms with E-state index in [2.05, 4.69) is 30.9 Å². The Balaban J connectivity index is 1.57. The minimum absolute atomic E-state index is 0.00897. The number of hydrogen-bond acceptors (Lipinski definition) is 4.